The number of allylic oxidation sites excluding steroid dienone is 2. The van der Waals surface area contributed by atoms with Crippen molar-refractivity contribution in [3.05, 3.63) is 53.0 Å². The second-order valence-electron chi connectivity index (χ2n) is 9.83. The minimum Gasteiger partial charge on any atom is -0.368 e. The van der Waals surface area contributed by atoms with Crippen molar-refractivity contribution in [1.82, 2.24) is 25.5 Å². The van der Waals surface area contributed by atoms with Gasteiger partial charge in [-0.1, -0.05) is 25.6 Å². The van der Waals surface area contributed by atoms with Crippen molar-refractivity contribution in [3.63, 3.8) is 0 Å². The Morgan fingerprint density at radius 2 is 2.08 bits per heavy atom. The summed E-state index contributed by atoms with van der Waals surface area (Å²) in [5.74, 6) is -0.969. The number of hydrogen-bond acceptors (Lipinski definition) is 7. The molecule has 0 saturated carbocycles. The van der Waals surface area contributed by atoms with E-state index in [1.165, 1.54) is 11.8 Å². The summed E-state index contributed by atoms with van der Waals surface area (Å²) in [6, 6.07) is 0.768. The van der Waals surface area contributed by atoms with Crippen LogP contribution in [0.1, 0.15) is 32.4 Å². The van der Waals surface area contributed by atoms with Crippen molar-refractivity contribution in [1.29, 1.82) is 0 Å². The molecule has 12 heteroatoms. The van der Waals surface area contributed by atoms with Crippen LogP contribution in [0.25, 0.3) is 0 Å². The van der Waals surface area contributed by atoms with Crippen LogP contribution in [-0.4, -0.2) is 53.8 Å². The van der Waals surface area contributed by atoms with Gasteiger partial charge >= 0.3 is 12.2 Å². The number of carbonyl (C=O) groups excluding carboxylic acids is 1. The minimum absolute atomic E-state index is 0.0149. The molecule has 0 radical (unpaired) electrons. The fourth-order valence-corrected chi connectivity index (χ4v) is 6.49. The number of nitrogens with two attached hydrogens (primary N) is 1. The molecule has 2 aliphatic heterocycles. The second-order valence-corrected chi connectivity index (χ2v) is 10.9. The normalized spacial score (nSPS) is 29.3. The van der Waals surface area contributed by atoms with Crippen molar-refractivity contribution in [2.75, 3.05) is 32.0 Å². The molecule has 4 rings (SSSR count). The quantitative estimate of drug-likeness (QED) is 0.448. The van der Waals surface area contributed by atoms with Gasteiger partial charge in [-0.15, -0.1) is 0 Å². The summed E-state index contributed by atoms with van der Waals surface area (Å²) < 4.78 is 44.3. The molecule has 3 heterocycles. The summed E-state index contributed by atoms with van der Waals surface area (Å²) in [4.78, 5) is 21.4. The van der Waals surface area contributed by atoms with Crippen LogP contribution < -0.4 is 21.7 Å². The van der Waals surface area contributed by atoms with Gasteiger partial charge in [-0.05, 0) is 61.0 Å². The van der Waals surface area contributed by atoms with E-state index in [0.29, 0.717) is 23.1 Å². The summed E-state index contributed by atoms with van der Waals surface area (Å²) >= 11 is 1.33. The van der Waals surface area contributed by atoms with E-state index in [1.54, 1.807) is 43.9 Å². The number of amides is 2. The molecule has 3 atom stereocenters. The third kappa shape index (κ3) is 5.06. The van der Waals surface area contributed by atoms with Gasteiger partial charge in [0.1, 0.15) is 0 Å². The van der Waals surface area contributed by atoms with Crippen LogP contribution in [-0.2, 0) is 4.87 Å². The van der Waals surface area contributed by atoms with Crippen LogP contribution >= 0.6 is 11.8 Å². The Hall–Kier alpha value is -2.73. The van der Waals surface area contributed by atoms with E-state index in [4.69, 9.17) is 5.73 Å². The first-order valence-corrected chi connectivity index (χ1v) is 12.8. The average molecular weight is 524 g/mol. The molecule has 8 nitrogen and oxygen atoms in total. The van der Waals surface area contributed by atoms with E-state index < -0.39 is 28.4 Å². The highest BCUT2D eigenvalue weighted by Gasteiger charge is 2.59. The molecule has 5 N–H and O–H groups in total. The Bertz CT molecular complexity index is 1070. The standard InChI is InChI=1S/C24H32F3N7OS/c1-15-5-9-34(10-6-15)14-22(2)17(12-16(32-20(28)35)13-18(22)24(25,26)27)23(31-8-11-36-23)19-4-7-30-21(29-3)33-19/h4,7-8,11-13,15,18,31H,5-6,9-10,14H2,1-3H3,(H3,28,32,35)(H,29,30,33). The van der Waals surface area contributed by atoms with E-state index in [9.17, 15) is 18.0 Å². The van der Waals surface area contributed by atoms with E-state index in [0.717, 1.165) is 32.0 Å². The summed E-state index contributed by atoms with van der Waals surface area (Å²) in [5, 5.41) is 10.4. The zero-order valence-electron chi connectivity index (χ0n) is 20.5. The van der Waals surface area contributed by atoms with Crippen LogP contribution in [0, 0.1) is 17.3 Å². The lowest BCUT2D eigenvalue weighted by Gasteiger charge is -2.50. The number of carbonyl (C=O) groups is 1. The molecular formula is C24H32F3N7OS. The molecule has 1 aromatic heterocycles. The number of urea groups is 1. The number of hydrogen-bond donors (Lipinski definition) is 4. The molecule has 2 amide bonds. The van der Waals surface area contributed by atoms with Crippen molar-refractivity contribution in [2.45, 2.75) is 37.7 Å². The van der Waals surface area contributed by atoms with Crippen LogP contribution in [0.15, 0.2) is 47.3 Å². The van der Waals surface area contributed by atoms with Gasteiger partial charge in [0.2, 0.25) is 5.95 Å². The molecule has 0 bridgehead atoms. The number of nitrogens with one attached hydrogen (secondary N) is 3. The van der Waals surface area contributed by atoms with Gasteiger partial charge in [-0.25, -0.2) is 14.8 Å². The molecule has 1 saturated heterocycles. The number of aromatic nitrogens is 2. The largest absolute Gasteiger partial charge is 0.396 e. The zero-order valence-corrected chi connectivity index (χ0v) is 21.3. The Morgan fingerprint density at radius 3 is 2.67 bits per heavy atom. The number of likely N-dealkylation sites (tertiary alicyclic amines) is 1. The fourth-order valence-electron chi connectivity index (χ4n) is 5.36. The fraction of sp³-hybridized carbons (Fsp3) is 0.542. The van der Waals surface area contributed by atoms with Crippen LogP contribution in [0.2, 0.25) is 0 Å². The number of piperidine rings is 1. The smallest absolute Gasteiger partial charge is 0.368 e. The Morgan fingerprint density at radius 1 is 1.36 bits per heavy atom. The molecular weight excluding hydrogens is 491 g/mol. The third-order valence-corrected chi connectivity index (χ3v) is 8.39. The lowest BCUT2D eigenvalue weighted by atomic mass is 9.64. The maximum atomic E-state index is 14.8. The number of anilines is 1. The van der Waals surface area contributed by atoms with Gasteiger partial charge in [0, 0.05) is 37.1 Å². The third-order valence-electron chi connectivity index (χ3n) is 7.21. The number of primary amides is 1. The predicted molar refractivity (Wildman–Crippen MR) is 134 cm³/mol. The number of alkyl halides is 3. The van der Waals surface area contributed by atoms with Gasteiger partial charge in [0.05, 0.1) is 11.6 Å². The van der Waals surface area contributed by atoms with E-state index in [1.807, 2.05) is 0 Å². The lowest BCUT2D eigenvalue weighted by molar-refractivity contribution is -0.188. The molecule has 1 fully saturated rings. The zero-order chi connectivity index (χ0) is 26.1. The van der Waals surface area contributed by atoms with Gasteiger partial charge in [-0.2, -0.15) is 13.2 Å². The van der Waals surface area contributed by atoms with E-state index in [-0.39, 0.29) is 12.2 Å². The number of nitrogens with zero attached hydrogens (tertiary/aromatic N) is 3. The summed E-state index contributed by atoms with van der Waals surface area (Å²) in [6.07, 6.45) is 3.29. The molecule has 36 heavy (non-hydrogen) atoms. The number of rotatable bonds is 6. The van der Waals surface area contributed by atoms with Gasteiger partial charge in [0.15, 0.2) is 4.87 Å². The topological polar surface area (TPSA) is 108 Å². The van der Waals surface area contributed by atoms with Gasteiger partial charge < -0.3 is 26.6 Å². The second kappa shape index (κ2) is 9.97. The molecule has 3 unspecified atom stereocenters. The van der Waals surface area contributed by atoms with Gasteiger partial charge in [0.25, 0.3) is 0 Å². The van der Waals surface area contributed by atoms with E-state index >= 15 is 0 Å². The lowest BCUT2D eigenvalue weighted by Crippen LogP contribution is -2.55. The SMILES string of the molecule is CNc1nccc(C2(C3=CC(NC(N)=O)=CC(C(F)(F)F)C3(C)CN3CCC(C)CC3)NC=CS2)n1. The monoisotopic (exact) mass is 523 g/mol. The molecule has 1 aliphatic carbocycles. The van der Waals surface area contributed by atoms with Crippen molar-refractivity contribution in [3.8, 4) is 0 Å². The first-order chi connectivity index (χ1) is 17.0. The Kier molecular flexibility index (Phi) is 7.29. The van der Waals surface area contributed by atoms with Crippen LogP contribution in [0.4, 0.5) is 23.9 Å². The molecule has 196 valence electrons. The van der Waals surface area contributed by atoms with Crippen molar-refractivity contribution in [2.24, 2.45) is 23.0 Å². The summed E-state index contributed by atoms with van der Waals surface area (Å²) in [6.45, 7) is 5.49. The Balaban J connectivity index is 1.89. The number of thioether (sulfide) groups is 1. The first kappa shape index (κ1) is 26.3. The van der Waals surface area contributed by atoms with E-state index in [2.05, 4.69) is 37.7 Å². The minimum atomic E-state index is -4.57. The average Bonchev–Trinajstić information content (AvgIpc) is 3.31. The number of halogens is 3. The Labute approximate surface area is 213 Å². The molecule has 0 spiro atoms. The van der Waals surface area contributed by atoms with Crippen LogP contribution in [0.5, 0.6) is 0 Å². The predicted octanol–water partition coefficient (Wildman–Crippen LogP) is 3.89. The highest BCUT2D eigenvalue weighted by atomic mass is 32.2. The highest BCUT2D eigenvalue weighted by Crippen LogP contribution is 2.58. The molecule has 3 aliphatic rings. The summed E-state index contributed by atoms with van der Waals surface area (Å²) in [7, 11) is 1.68. The first-order valence-electron chi connectivity index (χ1n) is 11.9. The maximum Gasteiger partial charge on any atom is 0.396 e. The summed E-state index contributed by atoms with van der Waals surface area (Å²) in [5.41, 5.74) is 4.91. The maximum absolute atomic E-state index is 14.8. The van der Waals surface area contributed by atoms with Gasteiger partial charge in [-0.3, -0.25) is 0 Å². The molecule has 1 aromatic rings. The van der Waals surface area contributed by atoms with Crippen molar-refractivity contribution >= 4 is 23.7 Å². The molecule has 0 aromatic carbocycles. The van der Waals surface area contributed by atoms with Crippen LogP contribution in [0.3, 0.4) is 0 Å². The van der Waals surface area contributed by atoms with Crippen molar-refractivity contribution < 1.29 is 18.0 Å². The highest BCUT2D eigenvalue weighted by molar-refractivity contribution is 8.03.